The van der Waals surface area contributed by atoms with Gasteiger partial charge in [0, 0.05) is 12.4 Å². The zero-order chi connectivity index (χ0) is 16.7. The number of pyridine rings is 1. The zero-order valence-corrected chi connectivity index (χ0v) is 13.1. The average molecular weight is 313 g/mol. The highest BCUT2D eigenvalue weighted by Crippen LogP contribution is 2.18. The van der Waals surface area contributed by atoms with Crippen molar-refractivity contribution in [3.8, 4) is 5.75 Å². The summed E-state index contributed by atoms with van der Waals surface area (Å²) < 4.78 is 5.36. The average Bonchev–Trinajstić information content (AvgIpc) is 2.59. The van der Waals surface area contributed by atoms with Gasteiger partial charge in [-0.05, 0) is 35.7 Å². The first kappa shape index (κ1) is 16.5. The molecule has 2 aromatic rings. The van der Waals surface area contributed by atoms with Crippen LogP contribution in [-0.2, 0) is 4.79 Å². The van der Waals surface area contributed by atoms with Crippen molar-refractivity contribution in [3.63, 3.8) is 0 Å². The van der Waals surface area contributed by atoms with E-state index in [1.54, 1.807) is 18.3 Å². The first-order valence-corrected chi connectivity index (χ1v) is 7.28. The number of aromatic nitrogens is 1. The first-order valence-electron chi connectivity index (χ1n) is 7.28. The van der Waals surface area contributed by atoms with Gasteiger partial charge in [0.05, 0.1) is 5.56 Å². The minimum atomic E-state index is -0.449. The number of rotatable bonds is 5. The maximum Gasteiger partial charge on any atom is 0.276 e. The fourth-order valence-corrected chi connectivity index (χ4v) is 1.83. The van der Waals surface area contributed by atoms with Crippen LogP contribution in [0.25, 0.3) is 0 Å². The smallest absolute Gasteiger partial charge is 0.276 e. The molecular weight excluding hydrogens is 294 g/mol. The lowest BCUT2D eigenvalue weighted by atomic mass is 10.0. The maximum atomic E-state index is 11.7. The molecule has 1 aromatic heterocycles. The van der Waals surface area contributed by atoms with Crippen LogP contribution in [0, 0.1) is 0 Å². The van der Waals surface area contributed by atoms with E-state index in [0.717, 1.165) is 0 Å². The van der Waals surface area contributed by atoms with Gasteiger partial charge in [0.2, 0.25) is 0 Å². The second-order valence-corrected chi connectivity index (χ2v) is 5.26. The lowest BCUT2D eigenvalue weighted by molar-refractivity contribution is -0.123. The Kier molecular flexibility index (Phi) is 5.68. The predicted molar refractivity (Wildman–Crippen MR) is 85.9 cm³/mol. The Morgan fingerprint density at radius 2 is 1.87 bits per heavy atom. The number of hydrogen-bond acceptors (Lipinski definition) is 4. The number of carbonyl (C=O) groups excluding carboxylic acids is 2. The van der Waals surface area contributed by atoms with Gasteiger partial charge < -0.3 is 4.74 Å². The molecule has 0 saturated carbocycles. The molecule has 2 N–H and O–H groups in total. The van der Waals surface area contributed by atoms with Crippen molar-refractivity contribution in [2.24, 2.45) is 0 Å². The van der Waals surface area contributed by atoms with Crippen LogP contribution in [0.5, 0.6) is 5.75 Å². The molecule has 23 heavy (non-hydrogen) atoms. The molecule has 2 amide bonds. The van der Waals surface area contributed by atoms with Gasteiger partial charge in [-0.2, -0.15) is 0 Å². The third kappa shape index (κ3) is 5.10. The Hall–Kier alpha value is -2.89. The van der Waals surface area contributed by atoms with E-state index in [0.29, 0.717) is 17.2 Å². The highest BCUT2D eigenvalue weighted by Gasteiger charge is 2.08. The summed E-state index contributed by atoms with van der Waals surface area (Å²) in [6, 6.07) is 10.8. The van der Waals surface area contributed by atoms with Gasteiger partial charge in [0.25, 0.3) is 11.8 Å². The molecule has 0 aliphatic carbocycles. The number of nitrogens with zero attached hydrogens (tertiary/aromatic N) is 1. The van der Waals surface area contributed by atoms with Gasteiger partial charge in [-0.1, -0.05) is 26.0 Å². The summed E-state index contributed by atoms with van der Waals surface area (Å²) in [5.74, 6) is 0.154. The zero-order valence-electron chi connectivity index (χ0n) is 13.1. The molecule has 6 nitrogen and oxygen atoms in total. The maximum absolute atomic E-state index is 11.7. The molecule has 0 aliphatic rings. The Morgan fingerprint density at radius 1 is 1.13 bits per heavy atom. The monoisotopic (exact) mass is 313 g/mol. The number of carbonyl (C=O) groups is 2. The topological polar surface area (TPSA) is 80.3 Å². The van der Waals surface area contributed by atoms with Gasteiger partial charge in [-0.15, -0.1) is 0 Å². The molecule has 0 saturated heterocycles. The normalized spacial score (nSPS) is 10.2. The molecule has 0 spiro atoms. The highest BCUT2D eigenvalue weighted by atomic mass is 16.5. The number of nitrogens with one attached hydrogen (secondary N) is 2. The summed E-state index contributed by atoms with van der Waals surface area (Å²) >= 11 is 0. The summed E-state index contributed by atoms with van der Waals surface area (Å²) in [6.07, 6.45) is 2.97. The van der Waals surface area contributed by atoms with Crippen LogP contribution in [0.1, 0.15) is 35.7 Å². The summed E-state index contributed by atoms with van der Waals surface area (Å²) in [7, 11) is 0. The highest BCUT2D eigenvalue weighted by molar-refractivity contribution is 5.95. The Balaban J connectivity index is 1.76. The van der Waals surface area contributed by atoms with Crippen molar-refractivity contribution in [2.75, 3.05) is 6.61 Å². The summed E-state index contributed by atoms with van der Waals surface area (Å²) in [6.45, 7) is 4.02. The first-order chi connectivity index (χ1) is 11.1. The van der Waals surface area contributed by atoms with Crippen molar-refractivity contribution >= 4 is 11.8 Å². The van der Waals surface area contributed by atoms with E-state index in [1.807, 2.05) is 24.3 Å². The lowest BCUT2D eigenvalue weighted by Crippen LogP contribution is -2.43. The van der Waals surface area contributed by atoms with Gasteiger partial charge >= 0.3 is 0 Å². The van der Waals surface area contributed by atoms with E-state index >= 15 is 0 Å². The minimum Gasteiger partial charge on any atom is -0.484 e. The van der Waals surface area contributed by atoms with Crippen molar-refractivity contribution < 1.29 is 14.3 Å². The summed E-state index contributed by atoms with van der Waals surface area (Å²) in [4.78, 5) is 27.2. The van der Waals surface area contributed by atoms with Crippen LogP contribution < -0.4 is 15.6 Å². The van der Waals surface area contributed by atoms with Crippen LogP contribution in [0.4, 0.5) is 0 Å². The van der Waals surface area contributed by atoms with Crippen LogP contribution in [0.15, 0.2) is 48.8 Å². The van der Waals surface area contributed by atoms with Crippen LogP contribution in [0.2, 0.25) is 0 Å². The molecule has 2 rings (SSSR count). The van der Waals surface area contributed by atoms with Gasteiger partial charge in [-0.25, -0.2) is 0 Å². The van der Waals surface area contributed by atoms with Gasteiger partial charge in [-0.3, -0.25) is 25.4 Å². The van der Waals surface area contributed by atoms with Crippen LogP contribution in [-0.4, -0.2) is 23.4 Å². The molecule has 6 heteroatoms. The number of hydrogen-bond donors (Lipinski definition) is 2. The van der Waals surface area contributed by atoms with Crippen LogP contribution in [0.3, 0.4) is 0 Å². The Morgan fingerprint density at radius 3 is 2.48 bits per heavy atom. The molecular formula is C17H19N3O3. The number of ether oxygens (including phenoxy) is 1. The second-order valence-electron chi connectivity index (χ2n) is 5.26. The van der Waals surface area contributed by atoms with Crippen molar-refractivity contribution in [3.05, 3.63) is 59.9 Å². The Bertz CT molecular complexity index is 655. The summed E-state index contributed by atoms with van der Waals surface area (Å²) in [5, 5.41) is 0. The fraction of sp³-hybridized carbons (Fsp3) is 0.235. The van der Waals surface area contributed by atoms with E-state index in [-0.39, 0.29) is 6.61 Å². The van der Waals surface area contributed by atoms with Gasteiger partial charge in [0.15, 0.2) is 6.61 Å². The molecule has 0 radical (unpaired) electrons. The fourth-order valence-electron chi connectivity index (χ4n) is 1.83. The number of hydrazine groups is 1. The van der Waals surface area contributed by atoms with Crippen molar-refractivity contribution in [2.45, 2.75) is 19.8 Å². The molecule has 0 bridgehead atoms. The SMILES string of the molecule is CC(C)c1ccc(OCC(=O)NNC(=O)c2cccnc2)cc1. The second kappa shape index (κ2) is 7.93. The van der Waals surface area contributed by atoms with Crippen LogP contribution >= 0.6 is 0 Å². The molecule has 0 fully saturated rings. The standard InChI is InChI=1S/C17H19N3O3/c1-12(2)13-5-7-15(8-6-13)23-11-16(21)19-20-17(22)14-4-3-9-18-10-14/h3-10,12H,11H2,1-2H3,(H,19,21)(H,20,22). The van der Waals surface area contributed by atoms with Crippen molar-refractivity contribution in [1.82, 2.24) is 15.8 Å². The largest absolute Gasteiger partial charge is 0.484 e. The number of benzene rings is 1. The minimum absolute atomic E-state index is 0.186. The third-order valence-electron chi connectivity index (χ3n) is 3.16. The lowest BCUT2D eigenvalue weighted by Gasteiger charge is -2.10. The molecule has 0 atom stereocenters. The van der Waals surface area contributed by atoms with E-state index in [4.69, 9.17) is 4.74 Å². The quantitative estimate of drug-likeness (QED) is 0.828. The molecule has 120 valence electrons. The summed E-state index contributed by atoms with van der Waals surface area (Å²) in [5.41, 5.74) is 6.15. The third-order valence-corrected chi connectivity index (χ3v) is 3.16. The van der Waals surface area contributed by atoms with E-state index in [2.05, 4.69) is 29.7 Å². The number of amides is 2. The molecule has 1 aromatic carbocycles. The molecule has 1 heterocycles. The van der Waals surface area contributed by atoms with Crippen molar-refractivity contribution in [1.29, 1.82) is 0 Å². The van der Waals surface area contributed by atoms with E-state index in [9.17, 15) is 9.59 Å². The Labute approximate surface area is 134 Å². The molecule has 0 unspecified atom stereocenters. The van der Waals surface area contributed by atoms with Gasteiger partial charge in [0.1, 0.15) is 5.75 Å². The van der Waals surface area contributed by atoms with E-state index < -0.39 is 11.8 Å². The molecule has 0 aliphatic heterocycles. The van der Waals surface area contributed by atoms with E-state index in [1.165, 1.54) is 11.8 Å². The predicted octanol–water partition coefficient (Wildman–Crippen LogP) is 2.04.